The molecule has 0 saturated heterocycles. The average molecular weight is 291 g/mol. The molecule has 3 unspecified atom stereocenters. The summed E-state index contributed by atoms with van der Waals surface area (Å²) in [5.74, 6) is 0.754. The highest BCUT2D eigenvalue weighted by Gasteiger charge is 2.31. The Morgan fingerprint density at radius 1 is 1.33 bits per heavy atom. The van der Waals surface area contributed by atoms with Crippen molar-refractivity contribution in [3.8, 4) is 0 Å². The molecule has 114 valence electrons. The van der Waals surface area contributed by atoms with Crippen molar-refractivity contribution in [1.82, 2.24) is 5.32 Å². The molecule has 1 amide bonds. The van der Waals surface area contributed by atoms with E-state index < -0.39 is 4.92 Å². The van der Waals surface area contributed by atoms with Crippen LogP contribution < -0.4 is 10.6 Å². The number of nitro groups is 1. The van der Waals surface area contributed by atoms with Crippen LogP contribution >= 0.6 is 0 Å². The molecule has 1 aromatic carbocycles. The molecular formula is C15H21N3O3. The first-order valence-corrected chi connectivity index (χ1v) is 7.21. The second-order valence-corrected chi connectivity index (χ2v) is 5.70. The van der Waals surface area contributed by atoms with Crippen molar-refractivity contribution in [1.29, 1.82) is 0 Å². The van der Waals surface area contributed by atoms with Crippen molar-refractivity contribution < 1.29 is 9.72 Å². The Balaban J connectivity index is 2.23. The molecule has 1 fully saturated rings. The van der Waals surface area contributed by atoms with Crippen molar-refractivity contribution in [3.05, 3.63) is 33.9 Å². The van der Waals surface area contributed by atoms with E-state index >= 15 is 0 Å². The SMILES string of the molecule is CNc1c(C(=O)NC2CCC(C)C2C)cccc1[N+](=O)[O-]. The molecule has 1 aliphatic carbocycles. The molecular weight excluding hydrogens is 270 g/mol. The summed E-state index contributed by atoms with van der Waals surface area (Å²) >= 11 is 0. The molecule has 1 aliphatic rings. The van der Waals surface area contributed by atoms with Gasteiger partial charge in [0.25, 0.3) is 11.6 Å². The van der Waals surface area contributed by atoms with Crippen molar-refractivity contribution in [2.45, 2.75) is 32.7 Å². The zero-order valence-electron chi connectivity index (χ0n) is 12.6. The predicted molar refractivity (Wildman–Crippen MR) is 81.5 cm³/mol. The number of amides is 1. The maximum absolute atomic E-state index is 12.4. The lowest BCUT2D eigenvalue weighted by Crippen LogP contribution is -2.37. The topological polar surface area (TPSA) is 84.3 Å². The van der Waals surface area contributed by atoms with Crippen molar-refractivity contribution in [3.63, 3.8) is 0 Å². The van der Waals surface area contributed by atoms with Gasteiger partial charge in [-0.1, -0.05) is 19.9 Å². The minimum absolute atomic E-state index is 0.0852. The smallest absolute Gasteiger partial charge is 0.293 e. The van der Waals surface area contributed by atoms with Gasteiger partial charge in [0.2, 0.25) is 0 Å². The number of nitrogens with one attached hydrogen (secondary N) is 2. The number of anilines is 1. The fourth-order valence-electron chi connectivity index (χ4n) is 2.96. The van der Waals surface area contributed by atoms with Crippen LogP contribution in [0.4, 0.5) is 11.4 Å². The standard InChI is InChI=1S/C15H21N3O3/c1-9-7-8-12(10(9)2)17-15(19)11-5-4-6-13(18(20)21)14(11)16-3/h4-6,9-10,12,16H,7-8H2,1-3H3,(H,17,19). The largest absolute Gasteiger partial charge is 0.382 e. The van der Waals surface area contributed by atoms with Crippen LogP contribution in [0, 0.1) is 22.0 Å². The van der Waals surface area contributed by atoms with Crippen LogP contribution in [0.25, 0.3) is 0 Å². The highest BCUT2D eigenvalue weighted by molar-refractivity contribution is 6.01. The fraction of sp³-hybridized carbons (Fsp3) is 0.533. The Labute approximate surface area is 124 Å². The minimum atomic E-state index is -0.483. The molecule has 6 heteroatoms. The van der Waals surface area contributed by atoms with Gasteiger partial charge in [0.15, 0.2) is 0 Å². The third-order valence-corrected chi connectivity index (χ3v) is 4.52. The van der Waals surface area contributed by atoms with Crippen molar-refractivity contribution in [2.75, 3.05) is 12.4 Å². The summed E-state index contributed by atoms with van der Waals surface area (Å²) in [4.78, 5) is 23.0. The van der Waals surface area contributed by atoms with E-state index in [-0.39, 0.29) is 23.3 Å². The molecule has 0 aliphatic heterocycles. The van der Waals surface area contributed by atoms with E-state index in [0.29, 0.717) is 17.4 Å². The summed E-state index contributed by atoms with van der Waals surface area (Å²) in [6.07, 6.45) is 2.05. The average Bonchev–Trinajstić information content (AvgIpc) is 2.78. The number of hydrogen-bond donors (Lipinski definition) is 2. The van der Waals surface area contributed by atoms with Gasteiger partial charge in [0.05, 0.1) is 10.5 Å². The summed E-state index contributed by atoms with van der Waals surface area (Å²) in [7, 11) is 1.58. The predicted octanol–water partition coefficient (Wildman–Crippen LogP) is 2.80. The van der Waals surface area contributed by atoms with E-state index in [1.165, 1.54) is 12.1 Å². The first kappa shape index (κ1) is 15.3. The molecule has 1 saturated carbocycles. The number of carbonyl (C=O) groups is 1. The lowest BCUT2D eigenvalue weighted by atomic mass is 9.97. The third-order valence-electron chi connectivity index (χ3n) is 4.52. The zero-order chi connectivity index (χ0) is 15.6. The van der Waals surface area contributed by atoms with E-state index in [0.717, 1.165) is 12.8 Å². The van der Waals surface area contributed by atoms with Crippen LogP contribution in [-0.2, 0) is 0 Å². The fourth-order valence-corrected chi connectivity index (χ4v) is 2.96. The molecule has 2 rings (SSSR count). The highest BCUT2D eigenvalue weighted by Crippen LogP contribution is 2.32. The number of carbonyl (C=O) groups excluding carboxylic acids is 1. The number of nitrogens with zero attached hydrogens (tertiary/aromatic N) is 1. The summed E-state index contributed by atoms with van der Waals surface area (Å²) in [5, 5.41) is 16.8. The van der Waals surface area contributed by atoms with Gasteiger partial charge in [-0.05, 0) is 30.7 Å². The summed E-state index contributed by atoms with van der Waals surface area (Å²) in [6, 6.07) is 4.67. The maximum atomic E-state index is 12.4. The van der Waals surface area contributed by atoms with E-state index in [1.54, 1.807) is 13.1 Å². The van der Waals surface area contributed by atoms with E-state index in [4.69, 9.17) is 0 Å². The molecule has 1 aromatic rings. The van der Waals surface area contributed by atoms with E-state index in [9.17, 15) is 14.9 Å². The van der Waals surface area contributed by atoms with Gasteiger partial charge < -0.3 is 10.6 Å². The molecule has 21 heavy (non-hydrogen) atoms. The second-order valence-electron chi connectivity index (χ2n) is 5.70. The molecule has 0 bridgehead atoms. The van der Waals surface area contributed by atoms with Crippen LogP contribution in [0.1, 0.15) is 37.0 Å². The zero-order valence-corrected chi connectivity index (χ0v) is 12.6. The number of rotatable bonds is 4. The molecule has 6 nitrogen and oxygen atoms in total. The van der Waals surface area contributed by atoms with Gasteiger partial charge in [-0.25, -0.2) is 0 Å². The summed E-state index contributed by atoms with van der Waals surface area (Å²) in [5.41, 5.74) is 0.495. The normalized spacial score (nSPS) is 24.6. The molecule has 0 heterocycles. The molecule has 0 radical (unpaired) electrons. The van der Waals surface area contributed by atoms with Crippen LogP contribution in [-0.4, -0.2) is 23.9 Å². The van der Waals surface area contributed by atoms with Gasteiger partial charge in [0, 0.05) is 19.2 Å². The number of para-hydroxylation sites is 1. The summed E-state index contributed by atoms with van der Waals surface area (Å²) < 4.78 is 0. The lowest BCUT2D eigenvalue weighted by molar-refractivity contribution is -0.384. The molecule has 0 spiro atoms. The lowest BCUT2D eigenvalue weighted by Gasteiger charge is -2.20. The van der Waals surface area contributed by atoms with Crippen molar-refractivity contribution in [2.24, 2.45) is 11.8 Å². The highest BCUT2D eigenvalue weighted by atomic mass is 16.6. The number of benzene rings is 1. The Morgan fingerprint density at radius 3 is 2.57 bits per heavy atom. The van der Waals surface area contributed by atoms with Gasteiger partial charge in [-0.2, -0.15) is 0 Å². The second kappa shape index (κ2) is 6.11. The van der Waals surface area contributed by atoms with Crippen LogP contribution in [0.5, 0.6) is 0 Å². The Hall–Kier alpha value is -2.11. The summed E-state index contributed by atoms with van der Waals surface area (Å²) in [6.45, 7) is 4.32. The third kappa shape index (κ3) is 2.99. The van der Waals surface area contributed by atoms with Gasteiger partial charge in [0.1, 0.15) is 5.69 Å². The van der Waals surface area contributed by atoms with Crippen LogP contribution in [0.2, 0.25) is 0 Å². The maximum Gasteiger partial charge on any atom is 0.293 e. The molecule has 3 atom stereocenters. The first-order valence-electron chi connectivity index (χ1n) is 7.21. The first-order chi connectivity index (χ1) is 9.95. The Morgan fingerprint density at radius 2 is 2.05 bits per heavy atom. The van der Waals surface area contributed by atoms with E-state index in [2.05, 4.69) is 24.5 Å². The Bertz CT molecular complexity index is 559. The van der Waals surface area contributed by atoms with Crippen LogP contribution in [0.3, 0.4) is 0 Å². The Kier molecular flexibility index (Phi) is 4.45. The number of hydrogen-bond acceptors (Lipinski definition) is 4. The minimum Gasteiger partial charge on any atom is -0.382 e. The number of nitro benzene ring substituents is 1. The monoisotopic (exact) mass is 291 g/mol. The molecule has 0 aromatic heterocycles. The van der Waals surface area contributed by atoms with E-state index in [1.807, 2.05) is 0 Å². The van der Waals surface area contributed by atoms with Gasteiger partial charge >= 0.3 is 0 Å². The quantitative estimate of drug-likeness (QED) is 0.660. The van der Waals surface area contributed by atoms with Crippen molar-refractivity contribution >= 4 is 17.3 Å². The van der Waals surface area contributed by atoms with Gasteiger partial charge in [-0.3, -0.25) is 14.9 Å². The van der Waals surface area contributed by atoms with Crippen LogP contribution in [0.15, 0.2) is 18.2 Å². The molecule has 2 N–H and O–H groups in total. The van der Waals surface area contributed by atoms with Gasteiger partial charge in [-0.15, -0.1) is 0 Å².